The van der Waals surface area contributed by atoms with Gasteiger partial charge in [-0.2, -0.15) is 0 Å². The summed E-state index contributed by atoms with van der Waals surface area (Å²) < 4.78 is 10.9. The second-order valence-corrected chi connectivity index (χ2v) is 6.13. The molecule has 0 bridgehead atoms. The molecule has 118 valence electrons. The third-order valence-electron chi connectivity index (χ3n) is 4.33. The van der Waals surface area contributed by atoms with Crippen molar-refractivity contribution in [2.75, 3.05) is 7.11 Å². The summed E-state index contributed by atoms with van der Waals surface area (Å²) in [6, 6.07) is 0. The van der Waals surface area contributed by atoms with E-state index in [0.29, 0.717) is 6.42 Å². The van der Waals surface area contributed by atoms with Crippen molar-refractivity contribution in [3.05, 3.63) is 0 Å². The molecular formula is C17H32O3. The summed E-state index contributed by atoms with van der Waals surface area (Å²) in [5.41, 5.74) is 0. The fourth-order valence-corrected chi connectivity index (χ4v) is 2.82. The first-order valence-corrected chi connectivity index (χ1v) is 8.38. The van der Waals surface area contributed by atoms with Crippen LogP contribution in [-0.2, 0) is 14.3 Å². The molecule has 2 atom stereocenters. The van der Waals surface area contributed by atoms with Crippen molar-refractivity contribution < 1.29 is 14.3 Å². The molecule has 0 amide bonds. The standard InChI is InChI=1S/C17H32O3/c1-4-5-6-7-8-9-10-11-12-13-15-14-16(18)17(2,19-3)20-15/h15H,4-14H2,1-3H3/t15-,17+/m1/s1. The van der Waals surface area contributed by atoms with Gasteiger partial charge < -0.3 is 9.47 Å². The summed E-state index contributed by atoms with van der Waals surface area (Å²) in [6.45, 7) is 3.98. The minimum Gasteiger partial charge on any atom is -0.347 e. The number of carbonyl (C=O) groups is 1. The number of hydrogen-bond donors (Lipinski definition) is 0. The first-order chi connectivity index (χ1) is 9.62. The van der Waals surface area contributed by atoms with Gasteiger partial charge in [0.1, 0.15) is 0 Å². The van der Waals surface area contributed by atoms with Gasteiger partial charge in [-0.3, -0.25) is 4.79 Å². The Morgan fingerprint density at radius 2 is 1.65 bits per heavy atom. The van der Waals surface area contributed by atoms with E-state index in [-0.39, 0.29) is 11.9 Å². The molecule has 1 heterocycles. The maximum Gasteiger partial charge on any atom is 0.226 e. The molecule has 1 saturated heterocycles. The van der Waals surface area contributed by atoms with Crippen LogP contribution in [0, 0.1) is 0 Å². The lowest BCUT2D eigenvalue weighted by atomic mass is 10.0. The zero-order valence-electron chi connectivity index (χ0n) is 13.6. The zero-order valence-corrected chi connectivity index (χ0v) is 13.6. The molecule has 1 aliphatic rings. The van der Waals surface area contributed by atoms with Crippen LogP contribution in [0.3, 0.4) is 0 Å². The molecule has 0 aromatic heterocycles. The van der Waals surface area contributed by atoms with E-state index in [1.165, 1.54) is 51.4 Å². The molecule has 0 saturated carbocycles. The first kappa shape index (κ1) is 17.6. The van der Waals surface area contributed by atoms with Gasteiger partial charge >= 0.3 is 0 Å². The molecule has 0 aromatic rings. The Morgan fingerprint density at radius 1 is 1.10 bits per heavy atom. The largest absolute Gasteiger partial charge is 0.347 e. The summed E-state index contributed by atoms with van der Waals surface area (Å²) in [7, 11) is 1.54. The van der Waals surface area contributed by atoms with E-state index >= 15 is 0 Å². The van der Waals surface area contributed by atoms with Gasteiger partial charge in [0.25, 0.3) is 0 Å². The normalized spacial score (nSPS) is 26.4. The Balaban J connectivity index is 1.96. The summed E-state index contributed by atoms with van der Waals surface area (Å²) in [5.74, 6) is -0.898. The average Bonchev–Trinajstić information content (AvgIpc) is 2.73. The van der Waals surface area contributed by atoms with E-state index < -0.39 is 5.79 Å². The smallest absolute Gasteiger partial charge is 0.226 e. The van der Waals surface area contributed by atoms with Crippen molar-refractivity contribution in [2.24, 2.45) is 0 Å². The van der Waals surface area contributed by atoms with Crippen LogP contribution in [0.4, 0.5) is 0 Å². The number of Topliss-reactive ketones (excluding diaryl/α,β-unsaturated/α-hetero) is 1. The first-order valence-electron chi connectivity index (χ1n) is 8.38. The summed E-state index contributed by atoms with van der Waals surface area (Å²) in [5, 5.41) is 0. The van der Waals surface area contributed by atoms with Gasteiger partial charge in [0, 0.05) is 13.5 Å². The van der Waals surface area contributed by atoms with Crippen LogP contribution < -0.4 is 0 Å². The summed E-state index contributed by atoms with van der Waals surface area (Å²) in [6.07, 6.45) is 13.5. The van der Waals surface area contributed by atoms with E-state index in [1.807, 2.05) is 0 Å². The molecule has 1 fully saturated rings. The molecule has 1 aliphatic heterocycles. The lowest BCUT2D eigenvalue weighted by molar-refractivity contribution is -0.200. The van der Waals surface area contributed by atoms with Crippen molar-refractivity contribution in [1.82, 2.24) is 0 Å². The van der Waals surface area contributed by atoms with Gasteiger partial charge in [0.2, 0.25) is 5.79 Å². The SMILES string of the molecule is CCCCCCCCCCC[C@@H]1CC(=O)[C@@](C)(OC)O1. The summed E-state index contributed by atoms with van der Waals surface area (Å²) >= 11 is 0. The minimum atomic E-state index is -0.982. The van der Waals surface area contributed by atoms with Crippen molar-refractivity contribution in [3.8, 4) is 0 Å². The quantitative estimate of drug-likeness (QED) is 0.519. The van der Waals surface area contributed by atoms with Gasteiger partial charge in [-0.25, -0.2) is 0 Å². The number of carbonyl (C=O) groups excluding carboxylic acids is 1. The Morgan fingerprint density at radius 3 is 2.15 bits per heavy atom. The van der Waals surface area contributed by atoms with Crippen molar-refractivity contribution in [3.63, 3.8) is 0 Å². The monoisotopic (exact) mass is 284 g/mol. The number of ether oxygens (including phenoxy) is 2. The fourth-order valence-electron chi connectivity index (χ4n) is 2.82. The minimum absolute atomic E-state index is 0.0667. The predicted molar refractivity (Wildman–Crippen MR) is 81.8 cm³/mol. The van der Waals surface area contributed by atoms with E-state index in [0.717, 1.165) is 12.8 Å². The number of hydrogen-bond acceptors (Lipinski definition) is 3. The molecule has 0 unspecified atom stereocenters. The number of methoxy groups -OCH3 is 1. The van der Waals surface area contributed by atoms with Gasteiger partial charge in [0.05, 0.1) is 6.10 Å². The van der Waals surface area contributed by atoms with E-state index in [2.05, 4.69) is 6.92 Å². The van der Waals surface area contributed by atoms with Crippen LogP contribution in [0.5, 0.6) is 0 Å². The van der Waals surface area contributed by atoms with Crippen LogP contribution >= 0.6 is 0 Å². The molecule has 1 rings (SSSR count). The zero-order chi connectivity index (χ0) is 14.8. The van der Waals surface area contributed by atoms with Gasteiger partial charge in [-0.1, -0.05) is 64.7 Å². The van der Waals surface area contributed by atoms with Crippen molar-refractivity contribution >= 4 is 5.78 Å². The van der Waals surface area contributed by atoms with E-state index in [1.54, 1.807) is 14.0 Å². The topological polar surface area (TPSA) is 35.5 Å². The maximum absolute atomic E-state index is 11.7. The molecule has 0 spiro atoms. The number of ketones is 1. The lowest BCUT2D eigenvalue weighted by Gasteiger charge is -2.21. The van der Waals surface area contributed by atoms with Gasteiger partial charge in [-0.05, 0) is 13.3 Å². The van der Waals surface area contributed by atoms with Crippen LogP contribution in [0.2, 0.25) is 0 Å². The third kappa shape index (κ3) is 5.92. The Kier molecular flexibility index (Phi) is 8.39. The van der Waals surface area contributed by atoms with Crippen LogP contribution in [0.25, 0.3) is 0 Å². The second kappa shape index (κ2) is 9.51. The number of rotatable bonds is 11. The van der Waals surface area contributed by atoms with Crippen LogP contribution in [0.15, 0.2) is 0 Å². The lowest BCUT2D eigenvalue weighted by Crippen LogP contribution is -2.34. The molecule has 3 heteroatoms. The number of unbranched alkanes of at least 4 members (excludes halogenated alkanes) is 8. The molecule has 20 heavy (non-hydrogen) atoms. The maximum atomic E-state index is 11.7. The van der Waals surface area contributed by atoms with Gasteiger partial charge in [0.15, 0.2) is 5.78 Å². The van der Waals surface area contributed by atoms with E-state index in [4.69, 9.17) is 9.47 Å². The molecule has 0 radical (unpaired) electrons. The Labute approximate surface area is 124 Å². The highest BCUT2D eigenvalue weighted by molar-refractivity contribution is 5.87. The average molecular weight is 284 g/mol. The third-order valence-corrected chi connectivity index (χ3v) is 4.33. The highest BCUT2D eigenvalue weighted by Crippen LogP contribution is 2.30. The molecule has 0 aromatic carbocycles. The summed E-state index contributed by atoms with van der Waals surface area (Å²) in [4.78, 5) is 11.7. The molecule has 3 nitrogen and oxygen atoms in total. The highest BCUT2D eigenvalue weighted by Gasteiger charge is 2.44. The van der Waals surface area contributed by atoms with E-state index in [9.17, 15) is 4.79 Å². The Bertz CT molecular complexity index is 277. The van der Waals surface area contributed by atoms with Crippen molar-refractivity contribution in [2.45, 2.75) is 96.4 Å². The van der Waals surface area contributed by atoms with Gasteiger partial charge in [-0.15, -0.1) is 0 Å². The van der Waals surface area contributed by atoms with Crippen LogP contribution in [-0.4, -0.2) is 24.8 Å². The highest BCUT2D eigenvalue weighted by atomic mass is 16.7. The van der Waals surface area contributed by atoms with Crippen LogP contribution in [0.1, 0.15) is 84.5 Å². The molecule has 0 N–H and O–H groups in total. The second-order valence-electron chi connectivity index (χ2n) is 6.13. The fraction of sp³-hybridized carbons (Fsp3) is 0.941. The predicted octanol–water partition coefficient (Wildman–Crippen LogP) is 4.63. The molecular weight excluding hydrogens is 252 g/mol. The van der Waals surface area contributed by atoms with Crippen molar-refractivity contribution in [1.29, 1.82) is 0 Å². The Hall–Kier alpha value is -0.410. The molecule has 0 aliphatic carbocycles.